The molecule has 86 valence electrons. The van der Waals surface area contributed by atoms with Crippen LogP contribution in [-0.4, -0.2) is 16.6 Å². The van der Waals surface area contributed by atoms with E-state index >= 15 is 0 Å². The van der Waals surface area contributed by atoms with Gasteiger partial charge in [-0.2, -0.15) is 0 Å². The van der Waals surface area contributed by atoms with Gasteiger partial charge in [0.15, 0.2) is 0 Å². The average Bonchev–Trinajstić information content (AvgIpc) is 2.14. The highest BCUT2D eigenvalue weighted by Gasteiger charge is 2.13. The van der Waals surface area contributed by atoms with E-state index in [0.717, 1.165) is 10.2 Å². The molecular weight excluding hydrogens is 270 g/mol. The van der Waals surface area contributed by atoms with Crippen LogP contribution >= 0.6 is 15.9 Å². The first kappa shape index (κ1) is 12.9. The molecule has 0 bridgehead atoms. The average molecular weight is 284 g/mol. The molecule has 0 unspecified atom stereocenters. The van der Waals surface area contributed by atoms with Crippen molar-refractivity contribution in [2.75, 3.05) is 0 Å². The van der Waals surface area contributed by atoms with Crippen molar-refractivity contribution >= 4 is 28.0 Å². The van der Waals surface area contributed by atoms with Crippen LogP contribution in [0.3, 0.4) is 0 Å². The Bertz CT molecular complexity index is 390. The van der Waals surface area contributed by atoms with E-state index in [1.807, 2.05) is 32.9 Å². The van der Waals surface area contributed by atoms with Crippen LogP contribution in [0.2, 0.25) is 0 Å². The molecule has 0 saturated heterocycles. The van der Waals surface area contributed by atoms with Crippen molar-refractivity contribution in [3.05, 3.63) is 34.6 Å². The van der Waals surface area contributed by atoms with Crippen LogP contribution < -0.4 is 0 Å². The van der Waals surface area contributed by atoms with Gasteiger partial charge in [-0.05, 0) is 54.4 Å². The zero-order valence-electron chi connectivity index (χ0n) is 9.53. The number of hydrogen-bond donors (Lipinski definition) is 0. The third kappa shape index (κ3) is 5.07. The summed E-state index contributed by atoms with van der Waals surface area (Å²) in [5.41, 5.74) is 0.397. The first-order chi connectivity index (χ1) is 7.37. The molecule has 0 aliphatic carbocycles. The normalized spacial score (nSPS) is 11.8. The summed E-state index contributed by atoms with van der Waals surface area (Å²) in [6.07, 6.45) is 4.74. The molecule has 3 nitrogen and oxygen atoms in total. The molecule has 0 atom stereocenters. The van der Waals surface area contributed by atoms with Gasteiger partial charge in [-0.25, -0.2) is 9.78 Å². The van der Waals surface area contributed by atoms with E-state index in [1.165, 1.54) is 6.08 Å². The minimum absolute atomic E-state index is 0.351. The molecule has 0 aliphatic rings. The van der Waals surface area contributed by atoms with Crippen LogP contribution in [0.4, 0.5) is 0 Å². The molecule has 0 fully saturated rings. The summed E-state index contributed by atoms with van der Waals surface area (Å²) in [5.74, 6) is -0.351. The highest BCUT2D eigenvalue weighted by molar-refractivity contribution is 9.10. The van der Waals surface area contributed by atoms with Crippen LogP contribution in [0.15, 0.2) is 29.0 Å². The van der Waals surface area contributed by atoms with Crippen LogP contribution in [0.1, 0.15) is 26.3 Å². The van der Waals surface area contributed by atoms with E-state index in [0.29, 0.717) is 0 Å². The second kappa shape index (κ2) is 5.25. The SMILES string of the molecule is CC(C)(C)OC(=O)/C=C/c1ccc(Br)nc1. The molecule has 16 heavy (non-hydrogen) atoms. The number of esters is 1. The summed E-state index contributed by atoms with van der Waals surface area (Å²) in [4.78, 5) is 15.4. The Morgan fingerprint density at radius 1 is 1.44 bits per heavy atom. The first-order valence-corrected chi connectivity index (χ1v) is 5.69. The predicted molar refractivity (Wildman–Crippen MR) is 66.8 cm³/mol. The topological polar surface area (TPSA) is 39.2 Å². The zero-order valence-corrected chi connectivity index (χ0v) is 11.1. The summed E-state index contributed by atoms with van der Waals surface area (Å²) < 4.78 is 5.89. The highest BCUT2D eigenvalue weighted by atomic mass is 79.9. The molecule has 4 heteroatoms. The summed E-state index contributed by atoms with van der Waals surface area (Å²) in [6, 6.07) is 3.67. The summed E-state index contributed by atoms with van der Waals surface area (Å²) >= 11 is 3.24. The number of aromatic nitrogens is 1. The Labute approximate surface area is 104 Å². The molecule has 1 rings (SSSR count). The van der Waals surface area contributed by atoms with Crippen LogP contribution in [0.25, 0.3) is 6.08 Å². The fourth-order valence-corrected chi connectivity index (χ4v) is 1.22. The van der Waals surface area contributed by atoms with Crippen LogP contribution in [0, 0.1) is 0 Å². The number of carbonyl (C=O) groups excluding carboxylic acids is 1. The molecule has 0 N–H and O–H groups in total. The number of rotatable bonds is 2. The lowest BCUT2D eigenvalue weighted by atomic mass is 10.2. The summed E-state index contributed by atoms with van der Waals surface area (Å²) in [7, 11) is 0. The van der Waals surface area contributed by atoms with E-state index in [-0.39, 0.29) is 5.97 Å². The van der Waals surface area contributed by atoms with Gasteiger partial charge in [0.2, 0.25) is 0 Å². The second-order valence-electron chi connectivity index (χ2n) is 4.28. The fourth-order valence-electron chi connectivity index (χ4n) is 0.986. The summed E-state index contributed by atoms with van der Waals surface area (Å²) in [5, 5.41) is 0. The van der Waals surface area contributed by atoms with E-state index in [1.54, 1.807) is 12.3 Å². The van der Waals surface area contributed by atoms with E-state index in [2.05, 4.69) is 20.9 Å². The number of carbonyl (C=O) groups is 1. The van der Waals surface area contributed by atoms with Crippen molar-refractivity contribution < 1.29 is 9.53 Å². The molecule has 0 radical (unpaired) electrons. The Hall–Kier alpha value is -1.16. The lowest BCUT2D eigenvalue weighted by molar-refractivity contribution is -0.148. The smallest absolute Gasteiger partial charge is 0.331 e. The first-order valence-electron chi connectivity index (χ1n) is 4.89. The maximum atomic E-state index is 11.4. The molecule has 1 aromatic rings. The van der Waals surface area contributed by atoms with Crippen molar-refractivity contribution in [2.45, 2.75) is 26.4 Å². The van der Waals surface area contributed by atoms with E-state index in [4.69, 9.17) is 4.74 Å². The third-order valence-corrected chi connectivity index (χ3v) is 2.04. The number of halogens is 1. The van der Waals surface area contributed by atoms with Crippen molar-refractivity contribution in [1.82, 2.24) is 4.98 Å². The Balaban J connectivity index is 2.60. The third-order valence-electron chi connectivity index (χ3n) is 1.57. The lowest BCUT2D eigenvalue weighted by Gasteiger charge is -2.17. The van der Waals surface area contributed by atoms with Crippen LogP contribution in [0.5, 0.6) is 0 Å². The van der Waals surface area contributed by atoms with Gasteiger partial charge in [0.05, 0.1) is 0 Å². The maximum Gasteiger partial charge on any atom is 0.331 e. The predicted octanol–water partition coefficient (Wildman–Crippen LogP) is 3.20. The van der Waals surface area contributed by atoms with Gasteiger partial charge in [-0.3, -0.25) is 0 Å². The Morgan fingerprint density at radius 3 is 2.62 bits per heavy atom. The Kier molecular flexibility index (Phi) is 4.24. The molecule has 1 aromatic heterocycles. The van der Waals surface area contributed by atoms with Gasteiger partial charge in [-0.1, -0.05) is 6.07 Å². The standard InChI is InChI=1S/C12H14BrNO2/c1-12(2,3)16-11(15)7-5-9-4-6-10(13)14-8-9/h4-8H,1-3H3/b7-5+. The van der Waals surface area contributed by atoms with Gasteiger partial charge >= 0.3 is 5.97 Å². The van der Waals surface area contributed by atoms with Crippen molar-refractivity contribution in [3.63, 3.8) is 0 Å². The number of hydrogen-bond acceptors (Lipinski definition) is 3. The largest absolute Gasteiger partial charge is 0.457 e. The van der Waals surface area contributed by atoms with Gasteiger partial charge in [0, 0.05) is 12.3 Å². The lowest BCUT2D eigenvalue weighted by Crippen LogP contribution is -2.22. The van der Waals surface area contributed by atoms with Gasteiger partial charge in [0.25, 0.3) is 0 Å². The maximum absolute atomic E-state index is 11.4. The van der Waals surface area contributed by atoms with E-state index < -0.39 is 5.60 Å². The fraction of sp³-hybridized carbons (Fsp3) is 0.333. The monoisotopic (exact) mass is 283 g/mol. The zero-order chi connectivity index (χ0) is 12.2. The van der Waals surface area contributed by atoms with Crippen molar-refractivity contribution in [1.29, 1.82) is 0 Å². The van der Waals surface area contributed by atoms with Gasteiger partial charge in [-0.15, -0.1) is 0 Å². The highest BCUT2D eigenvalue weighted by Crippen LogP contribution is 2.10. The quantitative estimate of drug-likeness (QED) is 0.475. The molecule has 0 saturated carbocycles. The van der Waals surface area contributed by atoms with Crippen molar-refractivity contribution in [2.24, 2.45) is 0 Å². The minimum atomic E-state index is -0.459. The van der Waals surface area contributed by atoms with E-state index in [9.17, 15) is 4.79 Å². The molecule has 0 aliphatic heterocycles. The summed E-state index contributed by atoms with van der Waals surface area (Å²) in [6.45, 7) is 5.50. The number of ether oxygens (including phenoxy) is 1. The molecule has 0 amide bonds. The number of pyridine rings is 1. The van der Waals surface area contributed by atoms with Crippen LogP contribution in [-0.2, 0) is 9.53 Å². The van der Waals surface area contributed by atoms with Crippen molar-refractivity contribution in [3.8, 4) is 0 Å². The molecule has 0 spiro atoms. The molecule has 1 heterocycles. The Morgan fingerprint density at radius 2 is 2.12 bits per heavy atom. The van der Waals surface area contributed by atoms with Gasteiger partial charge in [0.1, 0.15) is 10.2 Å². The molecular formula is C12H14BrNO2. The minimum Gasteiger partial charge on any atom is -0.457 e. The van der Waals surface area contributed by atoms with Gasteiger partial charge < -0.3 is 4.74 Å². The number of nitrogens with zero attached hydrogens (tertiary/aromatic N) is 1. The molecule has 0 aromatic carbocycles. The second-order valence-corrected chi connectivity index (χ2v) is 5.09.